The summed E-state index contributed by atoms with van der Waals surface area (Å²) in [6.07, 6.45) is 3.61. The molecule has 28 heavy (non-hydrogen) atoms. The largest absolute Gasteiger partial charge is 0.347 e. The monoisotopic (exact) mass is 390 g/mol. The molecule has 0 unspecified atom stereocenters. The Kier molecular flexibility index (Phi) is 5.64. The van der Waals surface area contributed by atoms with Crippen LogP contribution in [0.15, 0.2) is 24.3 Å². The van der Waals surface area contributed by atoms with E-state index in [4.69, 9.17) is 9.47 Å². The van der Waals surface area contributed by atoms with Crippen LogP contribution < -0.4 is 0 Å². The summed E-state index contributed by atoms with van der Waals surface area (Å²) in [7, 11) is 0. The van der Waals surface area contributed by atoms with E-state index in [-0.39, 0.29) is 36.5 Å². The van der Waals surface area contributed by atoms with E-state index in [1.807, 2.05) is 9.80 Å². The second kappa shape index (κ2) is 8.17. The summed E-state index contributed by atoms with van der Waals surface area (Å²) >= 11 is 0. The molecular formula is C21H27FN2O4. The summed E-state index contributed by atoms with van der Waals surface area (Å²) in [6.45, 7) is 3.14. The van der Waals surface area contributed by atoms with Gasteiger partial charge in [-0.25, -0.2) is 4.39 Å². The molecule has 152 valence electrons. The van der Waals surface area contributed by atoms with Crippen LogP contribution in [0.3, 0.4) is 0 Å². The Morgan fingerprint density at radius 3 is 2.32 bits per heavy atom. The zero-order chi connectivity index (χ0) is 19.6. The molecule has 2 amide bonds. The Balaban J connectivity index is 1.27. The number of piperidine rings is 1. The maximum absolute atomic E-state index is 13.2. The van der Waals surface area contributed by atoms with Crippen LogP contribution in [0.1, 0.15) is 50.1 Å². The van der Waals surface area contributed by atoms with Crippen LogP contribution in [0.4, 0.5) is 4.39 Å². The van der Waals surface area contributed by atoms with Gasteiger partial charge in [0.1, 0.15) is 5.82 Å². The number of hydrogen-bond acceptors (Lipinski definition) is 4. The molecule has 3 saturated heterocycles. The predicted octanol–water partition coefficient (Wildman–Crippen LogP) is 2.63. The summed E-state index contributed by atoms with van der Waals surface area (Å²) in [4.78, 5) is 28.9. The van der Waals surface area contributed by atoms with Crippen molar-refractivity contribution in [2.75, 3.05) is 32.8 Å². The van der Waals surface area contributed by atoms with Crippen LogP contribution in [0.2, 0.25) is 0 Å². The second-order valence-corrected chi connectivity index (χ2v) is 7.79. The van der Waals surface area contributed by atoms with E-state index in [9.17, 15) is 14.0 Å². The number of rotatable bonds is 4. The van der Waals surface area contributed by atoms with Gasteiger partial charge in [0, 0.05) is 45.3 Å². The molecule has 3 fully saturated rings. The van der Waals surface area contributed by atoms with Crippen LogP contribution in [-0.4, -0.2) is 60.2 Å². The number of likely N-dealkylation sites (tertiary alicyclic amines) is 2. The maximum atomic E-state index is 13.2. The Labute approximate surface area is 164 Å². The van der Waals surface area contributed by atoms with E-state index in [2.05, 4.69) is 0 Å². The van der Waals surface area contributed by atoms with E-state index >= 15 is 0 Å². The van der Waals surface area contributed by atoms with Crippen molar-refractivity contribution in [3.8, 4) is 0 Å². The minimum atomic E-state index is -0.496. The lowest BCUT2D eigenvalue weighted by Crippen LogP contribution is -2.47. The first-order valence-corrected chi connectivity index (χ1v) is 10.2. The standard InChI is InChI=1S/C21H27FN2O4/c22-17-5-3-16(4-6-17)18-2-1-11-24(18)20(26)8-7-19(25)23-12-9-21(10-13-23)27-14-15-28-21/h3-6,18H,1-2,7-15H2/t18-/m1/s1. The van der Waals surface area contributed by atoms with Crippen molar-refractivity contribution in [3.05, 3.63) is 35.6 Å². The molecule has 3 heterocycles. The molecule has 3 aliphatic rings. The van der Waals surface area contributed by atoms with Crippen molar-refractivity contribution < 1.29 is 23.5 Å². The van der Waals surface area contributed by atoms with Crippen LogP contribution >= 0.6 is 0 Å². The van der Waals surface area contributed by atoms with Crippen molar-refractivity contribution in [3.63, 3.8) is 0 Å². The van der Waals surface area contributed by atoms with Gasteiger partial charge in [0.2, 0.25) is 11.8 Å². The summed E-state index contributed by atoms with van der Waals surface area (Å²) in [6, 6.07) is 6.33. The van der Waals surface area contributed by atoms with Crippen LogP contribution in [-0.2, 0) is 19.1 Å². The summed E-state index contributed by atoms with van der Waals surface area (Å²) in [5.74, 6) is -0.762. The molecule has 0 radical (unpaired) electrons. The van der Waals surface area contributed by atoms with Gasteiger partial charge < -0.3 is 19.3 Å². The van der Waals surface area contributed by atoms with E-state index in [1.165, 1.54) is 12.1 Å². The first-order chi connectivity index (χ1) is 13.6. The van der Waals surface area contributed by atoms with E-state index in [0.717, 1.165) is 18.4 Å². The Morgan fingerprint density at radius 1 is 1.00 bits per heavy atom. The van der Waals surface area contributed by atoms with Gasteiger partial charge in [0.15, 0.2) is 5.79 Å². The van der Waals surface area contributed by atoms with Crippen molar-refractivity contribution in [1.29, 1.82) is 0 Å². The van der Waals surface area contributed by atoms with Gasteiger partial charge in [0.05, 0.1) is 19.3 Å². The number of hydrogen-bond donors (Lipinski definition) is 0. The number of carbonyl (C=O) groups is 2. The molecule has 6 nitrogen and oxygen atoms in total. The first kappa shape index (κ1) is 19.3. The molecule has 0 aliphatic carbocycles. The van der Waals surface area contributed by atoms with Crippen molar-refractivity contribution in [2.24, 2.45) is 0 Å². The third kappa shape index (κ3) is 4.05. The van der Waals surface area contributed by atoms with Crippen LogP contribution in [0.5, 0.6) is 0 Å². The van der Waals surface area contributed by atoms with Gasteiger partial charge >= 0.3 is 0 Å². The highest BCUT2D eigenvalue weighted by Crippen LogP contribution is 2.33. The van der Waals surface area contributed by atoms with Gasteiger partial charge in [-0.15, -0.1) is 0 Å². The smallest absolute Gasteiger partial charge is 0.223 e. The Morgan fingerprint density at radius 2 is 1.64 bits per heavy atom. The lowest BCUT2D eigenvalue weighted by atomic mass is 10.0. The van der Waals surface area contributed by atoms with E-state index in [1.54, 1.807) is 12.1 Å². The van der Waals surface area contributed by atoms with Crippen molar-refractivity contribution in [2.45, 2.75) is 50.4 Å². The van der Waals surface area contributed by atoms with Gasteiger partial charge in [-0.1, -0.05) is 12.1 Å². The Bertz CT molecular complexity index is 708. The number of nitrogens with zero attached hydrogens (tertiary/aromatic N) is 2. The minimum absolute atomic E-state index is 0.00360. The van der Waals surface area contributed by atoms with Crippen molar-refractivity contribution in [1.82, 2.24) is 9.80 Å². The summed E-state index contributed by atoms with van der Waals surface area (Å²) < 4.78 is 24.6. The molecule has 3 aliphatic heterocycles. The fraction of sp³-hybridized carbons (Fsp3) is 0.619. The molecule has 0 N–H and O–H groups in total. The molecule has 1 spiro atoms. The third-order valence-corrected chi connectivity index (χ3v) is 6.07. The van der Waals surface area contributed by atoms with Gasteiger partial charge in [-0.05, 0) is 30.5 Å². The Hall–Kier alpha value is -1.99. The number of benzene rings is 1. The van der Waals surface area contributed by atoms with Crippen molar-refractivity contribution >= 4 is 11.8 Å². The van der Waals surface area contributed by atoms with Gasteiger partial charge in [-0.3, -0.25) is 9.59 Å². The second-order valence-electron chi connectivity index (χ2n) is 7.79. The lowest BCUT2D eigenvalue weighted by Gasteiger charge is -2.37. The molecule has 1 aromatic rings. The average molecular weight is 390 g/mol. The molecule has 4 rings (SSSR count). The SMILES string of the molecule is O=C(CCC(=O)N1CCC[C@@H]1c1ccc(F)cc1)N1CCC2(CC1)OCCO2. The predicted molar refractivity (Wildman–Crippen MR) is 99.8 cm³/mol. The highest BCUT2D eigenvalue weighted by Gasteiger charge is 2.40. The minimum Gasteiger partial charge on any atom is -0.347 e. The normalized spacial score (nSPS) is 24.1. The summed E-state index contributed by atoms with van der Waals surface area (Å²) in [5, 5.41) is 0. The molecular weight excluding hydrogens is 363 g/mol. The summed E-state index contributed by atoms with van der Waals surface area (Å²) in [5.41, 5.74) is 0.955. The maximum Gasteiger partial charge on any atom is 0.223 e. The van der Waals surface area contributed by atoms with Gasteiger partial charge in [0.25, 0.3) is 0 Å². The lowest BCUT2D eigenvalue weighted by molar-refractivity contribution is -0.187. The molecule has 0 aromatic heterocycles. The van der Waals surface area contributed by atoms with Crippen LogP contribution in [0, 0.1) is 5.82 Å². The molecule has 0 saturated carbocycles. The molecule has 0 bridgehead atoms. The van der Waals surface area contributed by atoms with Crippen LogP contribution in [0.25, 0.3) is 0 Å². The quantitative estimate of drug-likeness (QED) is 0.793. The van der Waals surface area contributed by atoms with E-state index in [0.29, 0.717) is 45.7 Å². The molecule has 1 aromatic carbocycles. The molecule has 1 atom stereocenters. The zero-order valence-electron chi connectivity index (χ0n) is 16.1. The average Bonchev–Trinajstić information content (AvgIpc) is 3.37. The van der Waals surface area contributed by atoms with E-state index < -0.39 is 5.79 Å². The number of carbonyl (C=O) groups excluding carboxylic acids is 2. The zero-order valence-corrected chi connectivity index (χ0v) is 16.1. The fourth-order valence-electron chi connectivity index (χ4n) is 4.49. The first-order valence-electron chi connectivity index (χ1n) is 10.2. The number of halogens is 1. The number of ether oxygens (including phenoxy) is 2. The fourth-order valence-corrected chi connectivity index (χ4v) is 4.49. The van der Waals surface area contributed by atoms with Gasteiger partial charge in [-0.2, -0.15) is 0 Å². The molecule has 7 heteroatoms. The topological polar surface area (TPSA) is 59.1 Å². The third-order valence-electron chi connectivity index (χ3n) is 6.07. The highest BCUT2D eigenvalue weighted by atomic mass is 19.1. The number of amides is 2. The highest BCUT2D eigenvalue weighted by molar-refractivity contribution is 5.84.